The van der Waals surface area contributed by atoms with E-state index < -0.39 is 11.9 Å². The molecule has 0 spiro atoms. The van der Waals surface area contributed by atoms with Crippen LogP contribution >= 0.6 is 11.3 Å². The average molecular weight is 318 g/mol. The monoisotopic (exact) mass is 318 g/mol. The Morgan fingerprint density at radius 3 is 2.36 bits per heavy atom. The second-order valence-corrected chi connectivity index (χ2v) is 4.95. The lowest BCUT2D eigenvalue weighted by Gasteiger charge is -2.03. The zero-order valence-electron chi connectivity index (χ0n) is 12.0. The first-order valence-electron chi connectivity index (χ1n) is 6.30. The van der Waals surface area contributed by atoms with Crippen LogP contribution in [0, 0.1) is 0 Å². The lowest BCUT2D eigenvalue weighted by Crippen LogP contribution is -2.17. The molecule has 7 heteroatoms. The number of anilines is 1. The van der Waals surface area contributed by atoms with Crippen LogP contribution in [0.5, 0.6) is 0 Å². The quantitative estimate of drug-likeness (QED) is 0.395. The van der Waals surface area contributed by atoms with E-state index in [0.29, 0.717) is 5.13 Å². The van der Waals surface area contributed by atoms with Crippen molar-refractivity contribution in [3.05, 3.63) is 47.5 Å². The predicted octanol–water partition coefficient (Wildman–Crippen LogP) is 2.45. The topological polar surface area (TPSA) is 77.5 Å². The van der Waals surface area contributed by atoms with E-state index in [0.717, 1.165) is 11.3 Å². The molecule has 0 bridgehead atoms. The number of hydrogen-bond acceptors (Lipinski definition) is 7. The van der Waals surface area contributed by atoms with Crippen molar-refractivity contribution in [3.63, 3.8) is 0 Å². The first kappa shape index (κ1) is 15.7. The predicted molar refractivity (Wildman–Crippen MR) is 83.3 cm³/mol. The molecule has 0 aliphatic heterocycles. The molecule has 0 amide bonds. The molecule has 2 aromatic rings. The fourth-order valence-electron chi connectivity index (χ4n) is 1.64. The van der Waals surface area contributed by atoms with Crippen LogP contribution in [-0.4, -0.2) is 31.1 Å². The highest BCUT2D eigenvalue weighted by Crippen LogP contribution is 2.24. The van der Waals surface area contributed by atoms with Gasteiger partial charge >= 0.3 is 11.9 Å². The second kappa shape index (κ2) is 7.37. The summed E-state index contributed by atoms with van der Waals surface area (Å²) in [6, 6.07) is 9.67. The van der Waals surface area contributed by atoms with E-state index in [1.165, 1.54) is 31.8 Å². The number of rotatable bonds is 5. The van der Waals surface area contributed by atoms with E-state index >= 15 is 0 Å². The van der Waals surface area contributed by atoms with Crippen LogP contribution in [0.1, 0.15) is 0 Å². The number of hydrogen-bond donors (Lipinski definition) is 1. The SMILES string of the molecule is COC(=O)C(=CNc1nc(-c2ccccc2)cs1)C(=O)OC. The number of carbonyl (C=O) groups is 2. The third-order valence-corrected chi connectivity index (χ3v) is 3.50. The molecule has 1 N–H and O–H groups in total. The minimum atomic E-state index is -0.779. The van der Waals surface area contributed by atoms with Crippen molar-refractivity contribution in [2.45, 2.75) is 0 Å². The van der Waals surface area contributed by atoms with Crippen molar-refractivity contribution >= 4 is 28.4 Å². The van der Waals surface area contributed by atoms with Crippen LogP contribution in [0.2, 0.25) is 0 Å². The summed E-state index contributed by atoms with van der Waals surface area (Å²) in [5.74, 6) is -1.56. The molecule has 0 saturated heterocycles. The highest BCUT2D eigenvalue weighted by atomic mass is 32.1. The van der Waals surface area contributed by atoms with Crippen molar-refractivity contribution in [2.24, 2.45) is 0 Å². The summed E-state index contributed by atoms with van der Waals surface area (Å²) in [4.78, 5) is 27.4. The summed E-state index contributed by atoms with van der Waals surface area (Å²) >= 11 is 1.35. The largest absolute Gasteiger partial charge is 0.465 e. The van der Waals surface area contributed by atoms with Crippen LogP contribution in [0.3, 0.4) is 0 Å². The minimum Gasteiger partial charge on any atom is -0.465 e. The molecule has 0 atom stereocenters. The van der Waals surface area contributed by atoms with Crippen LogP contribution in [-0.2, 0) is 19.1 Å². The third-order valence-electron chi connectivity index (χ3n) is 2.72. The number of nitrogens with one attached hydrogen (secondary N) is 1. The summed E-state index contributed by atoms with van der Waals surface area (Å²) in [7, 11) is 2.38. The Balaban J connectivity index is 2.16. The van der Waals surface area contributed by atoms with Gasteiger partial charge in [-0.05, 0) is 0 Å². The summed E-state index contributed by atoms with van der Waals surface area (Å²) in [5.41, 5.74) is 1.55. The van der Waals surface area contributed by atoms with Gasteiger partial charge < -0.3 is 14.8 Å². The van der Waals surface area contributed by atoms with Gasteiger partial charge in [0.1, 0.15) is 0 Å². The Hall–Kier alpha value is -2.67. The van der Waals surface area contributed by atoms with E-state index in [-0.39, 0.29) is 5.57 Å². The Morgan fingerprint density at radius 2 is 1.77 bits per heavy atom. The first-order valence-corrected chi connectivity index (χ1v) is 7.18. The molecule has 0 unspecified atom stereocenters. The van der Waals surface area contributed by atoms with Gasteiger partial charge in [-0.1, -0.05) is 30.3 Å². The van der Waals surface area contributed by atoms with E-state index in [4.69, 9.17) is 0 Å². The van der Waals surface area contributed by atoms with E-state index in [1.54, 1.807) is 0 Å². The average Bonchev–Trinajstić information content (AvgIpc) is 3.04. The molecule has 0 fully saturated rings. The van der Waals surface area contributed by atoms with Gasteiger partial charge in [0, 0.05) is 17.1 Å². The maximum Gasteiger partial charge on any atom is 0.346 e. The lowest BCUT2D eigenvalue weighted by molar-refractivity contribution is -0.144. The lowest BCUT2D eigenvalue weighted by atomic mass is 10.2. The molecule has 6 nitrogen and oxygen atoms in total. The van der Waals surface area contributed by atoms with Crippen molar-refractivity contribution in [1.29, 1.82) is 0 Å². The highest BCUT2D eigenvalue weighted by molar-refractivity contribution is 7.14. The maximum absolute atomic E-state index is 11.5. The fourth-order valence-corrected chi connectivity index (χ4v) is 2.33. The molecule has 2 rings (SSSR count). The molecule has 1 heterocycles. The Labute approximate surface area is 131 Å². The fraction of sp³-hybridized carbons (Fsp3) is 0.133. The Morgan fingerprint density at radius 1 is 1.14 bits per heavy atom. The molecule has 0 aliphatic rings. The summed E-state index contributed by atoms with van der Waals surface area (Å²) < 4.78 is 9.07. The van der Waals surface area contributed by atoms with Gasteiger partial charge in [-0.15, -0.1) is 11.3 Å². The van der Waals surface area contributed by atoms with Gasteiger partial charge in [0.05, 0.1) is 19.9 Å². The number of benzene rings is 1. The van der Waals surface area contributed by atoms with Gasteiger partial charge in [-0.2, -0.15) is 0 Å². The molecule has 0 saturated carbocycles. The smallest absolute Gasteiger partial charge is 0.346 e. The molecule has 0 aliphatic carbocycles. The normalized spacial score (nSPS) is 9.73. The van der Waals surface area contributed by atoms with Crippen molar-refractivity contribution in [2.75, 3.05) is 19.5 Å². The first-order chi connectivity index (χ1) is 10.7. The molecule has 114 valence electrons. The molecule has 0 radical (unpaired) electrons. The standard InChI is InChI=1S/C15H14N2O4S/c1-20-13(18)11(14(19)21-2)8-16-15-17-12(9-22-15)10-6-4-3-5-7-10/h3-9H,1-2H3,(H,16,17). The number of thiazole rings is 1. The maximum atomic E-state index is 11.5. The van der Waals surface area contributed by atoms with Crippen LogP contribution < -0.4 is 5.32 Å². The van der Waals surface area contributed by atoms with Crippen LogP contribution in [0.15, 0.2) is 47.5 Å². The number of methoxy groups -OCH3 is 2. The van der Waals surface area contributed by atoms with E-state index in [1.807, 2.05) is 35.7 Å². The Kier molecular flexibility index (Phi) is 5.26. The number of aromatic nitrogens is 1. The van der Waals surface area contributed by atoms with Crippen LogP contribution in [0.4, 0.5) is 5.13 Å². The van der Waals surface area contributed by atoms with Crippen molar-refractivity contribution in [1.82, 2.24) is 4.98 Å². The molecule has 1 aromatic carbocycles. The molecule has 22 heavy (non-hydrogen) atoms. The third kappa shape index (κ3) is 3.70. The van der Waals surface area contributed by atoms with Crippen molar-refractivity contribution < 1.29 is 19.1 Å². The van der Waals surface area contributed by atoms with Gasteiger partial charge in [0.25, 0.3) is 0 Å². The Bertz CT molecular complexity index is 677. The second-order valence-electron chi connectivity index (χ2n) is 4.09. The molecule has 1 aromatic heterocycles. The van der Waals surface area contributed by atoms with Gasteiger partial charge in [0.2, 0.25) is 0 Å². The van der Waals surface area contributed by atoms with Crippen molar-refractivity contribution in [3.8, 4) is 11.3 Å². The highest BCUT2D eigenvalue weighted by Gasteiger charge is 2.19. The molecular formula is C15H14N2O4S. The summed E-state index contributed by atoms with van der Waals surface area (Å²) in [5, 5.41) is 5.23. The minimum absolute atomic E-state index is 0.235. The zero-order valence-corrected chi connectivity index (χ0v) is 12.8. The van der Waals surface area contributed by atoms with Crippen LogP contribution in [0.25, 0.3) is 11.3 Å². The van der Waals surface area contributed by atoms with Gasteiger partial charge in [-0.25, -0.2) is 14.6 Å². The summed E-state index contributed by atoms with van der Waals surface area (Å²) in [6.07, 6.45) is 1.23. The molecular weight excluding hydrogens is 304 g/mol. The zero-order chi connectivity index (χ0) is 15.9. The summed E-state index contributed by atoms with van der Waals surface area (Å²) in [6.45, 7) is 0. The van der Waals surface area contributed by atoms with Gasteiger partial charge in [0.15, 0.2) is 10.7 Å². The number of carbonyl (C=O) groups excluding carboxylic acids is 2. The number of esters is 2. The van der Waals surface area contributed by atoms with Gasteiger partial charge in [-0.3, -0.25) is 0 Å². The number of nitrogens with zero attached hydrogens (tertiary/aromatic N) is 1. The number of ether oxygens (including phenoxy) is 2. The van der Waals surface area contributed by atoms with E-state index in [2.05, 4.69) is 19.8 Å². The van der Waals surface area contributed by atoms with E-state index in [9.17, 15) is 9.59 Å².